The van der Waals surface area contributed by atoms with Crippen LogP contribution in [0.2, 0.25) is 0 Å². The van der Waals surface area contributed by atoms with Crippen LogP contribution in [0.5, 0.6) is 0 Å². The smallest absolute Gasteiger partial charge is 0.315 e. The molecular weight excluding hydrogens is 288 g/mol. The van der Waals surface area contributed by atoms with Crippen LogP contribution in [-0.4, -0.2) is 23.1 Å². The van der Waals surface area contributed by atoms with Gasteiger partial charge >= 0.3 is 12.0 Å². The van der Waals surface area contributed by atoms with Crippen LogP contribution in [0.1, 0.15) is 44.1 Å². The Hall–Kier alpha value is -1.56. The zero-order valence-electron chi connectivity index (χ0n) is 13.0. The summed E-state index contributed by atoms with van der Waals surface area (Å²) in [5, 5.41) is 16.5. The number of carbonyl (C=O) groups excluding carboxylic acids is 1. The first-order valence-electron chi connectivity index (χ1n) is 6.96. The maximum atomic E-state index is 11.9. The summed E-state index contributed by atoms with van der Waals surface area (Å²) < 4.78 is 0. The molecule has 1 aromatic rings. The first kappa shape index (κ1) is 17.5. The Kier molecular flexibility index (Phi) is 6.20. The Morgan fingerprint density at radius 2 is 2.05 bits per heavy atom. The lowest BCUT2D eigenvalue weighted by atomic mass is 9.87. The van der Waals surface area contributed by atoms with Crippen LogP contribution < -0.4 is 10.6 Å². The van der Waals surface area contributed by atoms with E-state index in [1.807, 2.05) is 39.1 Å². The lowest BCUT2D eigenvalue weighted by Crippen LogP contribution is -2.44. The van der Waals surface area contributed by atoms with Gasteiger partial charge in [-0.05, 0) is 35.8 Å². The van der Waals surface area contributed by atoms with E-state index in [0.29, 0.717) is 13.0 Å². The van der Waals surface area contributed by atoms with Crippen molar-refractivity contribution < 1.29 is 14.7 Å². The minimum absolute atomic E-state index is 0.0439. The Balaban J connectivity index is 2.51. The van der Waals surface area contributed by atoms with E-state index in [1.54, 1.807) is 11.3 Å². The fourth-order valence-corrected chi connectivity index (χ4v) is 2.95. The van der Waals surface area contributed by atoms with E-state index in [-0.39, 0.29) is 23.9 Å². The van der Waals surface area contributed by atoms with Gasteiger partial charge in [0, 0.05) is 10.9 Å². The SMILES string of the molecule is Cc1ccsc1CNC(=O)NC(CC(=O)O)CC(C)(C)C. The third-order valence-corrected chi connectivity index (χ3v) is 4.02. The number of aryl methyl sites for hydroxylation is 1. The minimum atomic E-state index is -0.904. The fraction of sp³-hybridized carbons (Fsp3) is 0.600. The molecular formula is C15H24N2O3S. The number of hydrogen-bond acceptors (Lipinski definition) is 3. The topological polar surface area (TPSA) is 78.4 Å². The van der Waals surface area contributed by atoms with Crippen molar-refractivity contribution in [1.29, 1.82) is 0 Å². The van der Waals surface area contributed by atoms with E-state index < -0.39 is 5.97 Å². The number of carbonyl (C=O) groups is 2. The van der Waals surface area contributed by atoms with Gasteiger partial charge in [0.1, 0.15) is 0 Å². The third kappa shape index (κ3) is 7.13. The maximum Gasteiger partial charge on any atom is 0.315 e. The van der Waals surface area contributed by atoms with Crippen molar-refractivity contribution in [2.24, 2.45) is 5.41 Å². The number of nitrogens with one attached hydrogen (secondary N) is 2. The molecule has 21 heavy (non-hydrogen) atoms. The highest BCUT2D eigenvalue weighted by molar-refractivity contribution is 7.10. The second kappa shape index (κ2) is 7.45. The summed E-state index contributed by atoms with van der Waals surface area (Å²) in [6.07, 6.45) is 0.549. The molecule has 0 spiro atoms. The van der Waals surface area contributed by atoms with Crippen molar-refractivity contribution in [1.82, 2.24) is 10.6 Å². The Bertz CT molecular complexity index is 491. The molecule has 0 fully saturated rings. The molecule has 0 saturated carbocycles. The van der Waals surface area contributed by atoms with E-state index >= 15 is 0 Å². The number of amides is 2. The third-order valence-electron chi connectivity index (χ3n) is 2.99. The molecule has 1 heterocycles. The molecule has 1 unspecified atom stereocenters. The number of rotatable bonds is 6. The average Bonchev–Trinajstić information content (AvgIpc) is 2.69. The molecule has 5 nitrogen and oxygen atoms in total. The maximum absolute atomic E-state index is 11.9. The van der Waals surface area contributed by atoms with Crippen molar-refractivity contribution in [3.8, 4) is 0 Å². The first-order valence-corrected chi connectivity index (χ1v) is 7.84. The van der Waals surface area contributed by atoms with Crippen LogP contribution in [0.25, 0.3) is 0 Å². The number of carboxylic acids is 1. The highest BCUT2D eigenvalue weighted by Crippen LogP contribution is 2.22. The number of hydrogen-bond donors (Lipinski definition) is 3. The van der Waals surface area contributed by atoms with Gasteiger partial charge in [0.25, 0.3) is 0 Å². The highest BCUT2D eigenvalue weighted by Gasteiger charge is 2.22. The largest absolute Gasteiger partial charge is 0.481 e. The normalized spacial score (nSPS) is 12.8. The Labute approximate surface area is 129 Å². The second-order valence-electron chi connectivity index (χ2n) is 6.41. The van der Waals surface area contributed by atoms with Gasteiger partial charge in [-0.15, -0.1) is 11.3 Å². The average molecular weight is 312 g/mol. The van der Waals surface area contributed by atoms with E-state index in [0.717, 1.165) is 10.4 Å². The number of carboxylic acid groups (broad SMARTS) is 1. The summed E-state index contributed by atoms with van der Waals surface area (Å²) in [6.45, 7) is 8.53. The van der Waals surface area contributed by atoms with Gasteiger partial charge in [-0.1, -0.05) is 20.8 Å². The predicted molar refractivity (Wildman–Crippen MR) is 84.5 cm³/mol. The van der Waals surface area contributed by atoms with Gasteiger partial charge in [0.05, 0.1) is 13.0 Å². The van der Waals surface area contributed by atoms with E-state index in [4.69, 9.17) is 5.11 Å². The molecule has 1 rings (SSSR count). The summed E-state index contributed by atoms with van der Waals surface area (Å²) >= 11 is 1.59. The highest BCUT2D eigenvalue weighted by atomic mass is 32.1. The summed E-state index contributed by atoms with van der Waals surface area (Å²) in [6, 6.07) is 1.32. The number of aliphatic carboxylic acids is 1. The van der Waals surface area contributed by atoms with Crippen LogP contribution in [0, 0.1) is 12.3 Å². The van der Waals surface area contributed by atoms with Crippen LogP contribution >= 0.6 is 11.3 Å². The molecule has 0 bridgehead atoms. The summed E-state index contributed by atoms with van der Waals surface area (Å²) in [7, 11) is 0. The van der Waals surface area contributed by atoms with Crippen molar-refractivity contribution >= 4 is 23.3 Å². The van der Waals surface area contributed by atoms with Crippen molar-refractivity contribution in [3.05, 3.63) is 21.9 Å². The summed E-state index contributed by atoms with van der Waals surface area (Å²) in [5.74, 6) is -0.904. The molecule has 1 aromatic heterocycles. The molecule has 0 aromatic carbocycles. The lowest BCUT2D eigenvalue weighted by Gasteiger charge is -2.25. The summed E-state index contributed by atoms with van der Waals surface area (Å²) in [4.78, 5) is 23.9. The lowest BCUT2D eigenvalue weighted by molar-refractivity contribution is -0.137. The molecule has 1 atom stereocenters. The van der Waals surface area contributed by atoms with E-state index in [9.17, 15) is 9.59 Å². The van der Waals surface area contributed by atoms with Crippen LogP contribution in [0.15, 0.2) is 11.4 Å². The van der Waals surface area contributed by atoms with Crippen molar-refractivity contribution in [2.75, 3.05) is 0 Å². The molecule has 0 aliphatic heterocycles. The van der Waals surface area contributed by atoms with Crippen LogP contribution in [-0.2, 0) is 11.3 Å². The zero-order valence-corrected chi connectivity index (χ0v) is 13.8. The predicted octanol–water partition coefficient (Wildman–Crippen LogP) is 3.14. The second-order valence-corrected chi connectivity index (χ2v) is 7.41. The van der Waals surface area contributed by atoms with Gasteiger partial charge in [-0.3, -0.25) is 4.79 Å². The molecule has 0 saturated heterocycles. The standard InChI is InChI=1S/C15H24N2O3S/c1-10-5-6-21-12(10)9-16-14(20)17-11(7-13(18)19)8-15(2,3)4/h5-6,11H,7-9H2,1-4H3,(H,18,19)(H2,16,17,20). The monoisotopic (exact) mass is 312 g/mol. The van der Waals surface area contributed by atoms with Crippen molar-refractivity contribution in [3.63, 3.8) is 0 Å². The van der Waals surface area contributed by atoms with Gasteiger partial charge in [-0.25, -0.2) is 4.79 Å². The summed E-state index contributed by atoms with van der Waals surface area (Å²) in [5.41, 5.74) is 1.11. The van der Waals surface area contributed by atoms with Gasteiger partial charge in [0.15, 0.2) is 0 Å². The quantitative estimate of drug-likeness (QED) is 0.755. The first-order chi connectivity index (χ1) is 9.67. The molecule has 3 N–H and O–H groups in total. The van der Waals surface area contributed by atoms with Crippen LogP contribution in [0.4, 0.5) is 4.79 Å². The molecule has 6 heteroatoms. The van der Waals surface area contributed by atoms with Gasteiger partial charge < -0.3 is 15.7 Å². The minimum Gasteiger partial charge on any atom is -0.481 e. The Morgan fingerprint density at radius 3 is 2.52 bits per heavy atom. The van der Waals surface area contributed by atoms with Gasteiger partial charge in [-0.2, -0.15) is 0 Å². The van der Waals surface area contributed by atoms with Crippen LogP contribution in [0.3, 0.4) is 0 Å². The van der Waals surface area contributed by atoms with Gasteiger partial charge in [0.2, 0.25) is 0 Å². The van der Waals surface area contributed by atoms with E-state index in [1.165, 1.54) is 0 Å². The number of urea groups is 1. The van der Waals surface area contributed by atoms with E-state index in [2.05, 4.69) is 10.6 Å². The fourth-order valence-electron chi connectivity index (χ4n) is 2.11. The number of thiophene rings is 1. The van der Waals surface area contributed by atoms with Crippen molar-refractivity contribution in [2.45, 2.75) is 53.1 Å². The molecule has 118 valence electrons. The molecule has 2 amide bonds. The Morgan fingerprint density at radius 1 is 1.38 bits per heavy atom. The molecule has 0 aliphatic rings. The molecule has 0 aliphatic carbocycles. The zero-order chi connectivity index (χ0) is 16.0. The molecule has 0 radical (unpaired) electrons.